The van der Waals surface area contributed by atoms with Gasteiger partial charge in [0.1, 0.15) is 0 Å². The lowest BCUT2D eigenvalue weighted by atomic mass is 9.92. The van der Waals surface area contributed by atoms with Gasteiger partial charge in [0.2, 0.25) is 0 Å². The second-order valence-electron chi connectivity index (χ2n) is 2.83. The third kappa shape index (κ3) is 1.08. The molecule has 0 aromatic carbocycles. The van der Waals surface area contributed by atoms with Gasteiger partial charge < -0.3 is 11.1 Å². The van der Waals surface area contributed by atoms with Crippen molar-refractivity contribution in [2.45, 2.75) is 19.9 Å². The van der Waals surface area contributed by atoms with E-state index in [0.29, 0.717) is 0 Å². The molecule has 66 valence electrons. The Morgan fingerprint density at radius 2 is 1.75 bits per heavy atom. The molecule has 3 N–H and O–H groups in total. The Bertz CT molecular complexity index is 302. The molecular weight excluding hydrogens is 162 g/mol. The van der Waals surface area contributed by atoms with Crippen LogP contribution in [0.4, 0.5) is 8.78 Å². The zero-order valence-electron chi connectivity index (χ0n) is 6.91. The van der Waals surface area contributed by atoms with E-state index in [1.165, 1.54) is 13.8 Å². The van der Waals surface area contributed by atoms with E-state index in [-0.39, 0.29) is 16.9 Å². The van der Waals surface area contributed by atoms with Crippen LogP contribution in [0.2, 0.25) is 0 Å². The molecule has 0 aromatic heterocycles. The predicted molar refractivity (Wildman–Crippen MR) is 43.3 cm³/mol. The Kier molecular flexibility index (Phi) is 2.10. The average Bonchev–Trinajstić information content (AvgIpc) is 2.08. The fraction of sp³-hybridized carbons (Fsp3) is 0.375. The van der Waals surface area contributed by atoms with Crippen LogP contribution < -0.4 is 5.73 Å². The SMILES string of the molecule is CC1=C(F)C(F)=C(C)C(N)C1=N. The van der Waals surface area contributed by atoms with Gasteiger partial charge in [-0.05, 0) is 19.4 Å². The fourth-order valence-corrected chi connectivity index (χ4v) is 1.04. The van der Waals surface area contributed by atoms with Crippen molar-refractivity contribution in [3.8, 4) is 0 Å². The summed E-state index contributed by atoms with van der Waals surface area (Å²) in [7, 11) is 0. The molecule has 0 fully saturated rings. The first kappa shape index (κ1) is 9.06. The van der Waals surface area contributed by atoms with E-state index in [0.717, 1.165) is 0 Å². The summed E-state index contributed by atoms with van der Waals surface area (Å²) in [6, 6.07) is -0.801. The van der Waals surface area contributed by atoms with Crippen molar-refractivity contribution in [1.82, 2.24) is 0 Å². The third-order valence-electron chi connectivity index (χ3n) is 2.05. The molecule has 0 radical (unpaired) electrons. The summed E-state index contributed by atoms with van der Waals surface area (Å²) in [5.41, 5.74) is 5.47. The van der Waals surface area contributed by atoms with Gasteiger partial charge in [-0.15, -0.1) is 0 Å². The largest absolute Gasteiger partial charge is 0.319 e. The molecule has 0 amide bonds. The minimum absolute atomic E-state index is 0.00870. The summed E-state index contributed by atoms with van der Waals surface area (Å²) >= 11 is 0. The molecule has 0 aliphatic heterocycles. The normalized spacial score (nSPS) is 25.4. The maximum Gasteiger partial charge on any atom is 0.163 e. The van der Waals surface area contributed by atoms with Crippen LogP contribution in [0.5, 0.6) is 0 Å². The minimum Gasteiger partial charge on any atom is -0.319 e. The molecule has 1 rings (SSSR count). The summed E-state index contributed by atoms with van der Waals surface area (Å²) in [5.74, 6) is -1.88. The third-order valence-corrected chi connectivity index (χ3v) is 2.05. The molecule has 0 saturated heterocycles. The fourth-order valence-electron chi connectivity index (χ4n) is 1.04. The predicted octanol–water partition coefficient (Wildman–Crippen LogP) is 1.83. The van der Waals surface area contributed by atoms with E-state index in [1.807, 2.05) is 0 Å². The second-order valence-corrected chi connectivity index (χ2v) is 2.83. The lowest BCUT2D eigenvalue weighted by Crippen LogP contribution is -2.35. The summed E-state index contributed by atoms with van der Waals surface area (Å²) in [6.45, 7) is 2.74. The number of hydrogen-bond donors (Lipinski definition) is 2. The molecule has 2 nitrogen and oxygen atoms in total. The molecule has 0 saturated carbocycles. The highest BCUT2D eigenvalue weighted by Crippen LogP contribution is 2.28. The zero-order chi connectivity index (χ0) is 9.46. The van der Waals surface area contributed by atoms with E-state index in [1.54, 1.807) is 0 Å². The summed E-state index contributed by atoms with van der Waals surface area (Å²) in [4.78, 5) is 0. The van der Waals surface area contributed by atoms with Crippen molar-refractivity contribution < 1.29 is 8.78 Å². The van der Waals surface area contributed by atoms with Gasteiger partial charge in [0.25, 0.3) is 0 Å². The highest BCUT2D eigenvalue weighted by molar-refractivity contribution is 6.05. The number of hydrogen-bond acceptors (Lipinski definition) is 2. The summed E-state index contributed by atoms with van der Waals surface area (Å²) < 4.78 is 25.8. The number of allylic oxidation sites excluding steroid dienone is 2. The molecular formula is C8H10F2N2. The van der Waals surface area contributed by atoms with E-state index < -0.39 is 17.7 Å². The van der Waals surface area contributed by atoms with Crippen molar-refractivity contribution in [1.29, 1.82) is 5.41 Å². The Balaban J connectivity index is 3.27. The van der Waals surface area contributed by atoms with Crippen molar-refractivity contribution in [2.24, 2.45) is 5.73 Å². The van der Waals surface area contributed by atoms with Crippen molar-refractivity contribution in [2.75, 3.05) is 0 Å². The standard InChI is InChI=1S/C8H10F2N2/c1-3-5(9)6(10)4(2)8(12)7(3)11/h7,12H,11H2,1-2H3. The Morgan fingerprint density at radius 1 is 1.25 bits per heavy atom. The number of rotatable bonds is 0. The van der Waals surface area contributed by atoms with E-state index in [2.05, 4.69) is 0 Å². The Hall–Kier alpha value is -1.03. The zero-order valence-corrected chi connectivity index (χ0v) is 6.91. The lowest BCUT2D eigenvalue weighted by molar-refractivity contribution is 0.523. The highest BCUT2D eigenvalue weighted by Gasteiger charge is 2.27. The van der Waals surface area contributed by atoms with Crippen LogP contribution in [0, 0.1) is 5.41 Å². The van der Waals surface area contributed by atoms with Gasteiger partial charge in [-0.3, -0.25) is 0 Å². The number of nitrogens with two attached hydrogens (primary N) is 1. The van der Waals surface area contributed by atoms with Crippen LogP contribution in [-0.4, -0.2) is 11.8 Å². The molecule has 0 heterocycles. The van der Waals surface area contributed by atoms with Crippen LogP contribution in [-0.2, 0) is 0 Å². The maximum absolute atomic E-state index is 12.9. The number of nitrogens with one attached hydrogen (secondary N) is 1. The molecule has 4 heteroatoms. The summed E-state index contributed by atoms with van der Waals surface area (Å²) in [6.07, 6.45) is 0. The van der Waals surface area contributed by atoms with Crippen molar-refractivity contribution in [3.63, 3.8) is 0 Å². The van der Waals surface area contributed by atoms with Crippen LogP contribution in [0.3, 0.4) is 0 Å². The van der Waals surface area contributed by atoms with Gasteiger partial charge in [-0.25, -0.2) is 8.78 Å². The van der Waals surface area contributed by atoms with E-state index >= 15 is 0 Å². The van der Waals surface area contributed by atoms with E-state index in [9.17, 15) is 8.78 Å². The summed E-state index contributed by atoms with van der Waals surface area (Å²) in [5, 5.41) is 7.33. The molecule has 0 aromatic rings. The molecule has 1 unspecified atom stereocenters. The first-order valence-corrected chi connectivity index (χ1v) is 3.54. The Labute approximate surface area is 69.3 Å². The quantitative estimate of drug-likeness (QED) is 0.575. The van der Waals surface area contributed by atoms with Crippen LogP contribution in [0.15, 0.2) is 22.8 Å². The van der Waals surface area contributed by atoms with Gasteiger partial charge in [0.05, 0.1) is 11.8 Å². The van der Waals surface area contributed by atoms with Gasteiger partial charge in [-0.2, -0.15) is 0 Å². The number of halogens is 2. The van der Waals surface area contributed by atoms with Crippen LogP contribution in [0.1, 0.15) is 13.8 Å². The first-order valence-electron chi connectivity index (χ1n) is 3.54. The minimum atomic E-state index is -0.959. The molecule has 1 aliphatic rings. The smallest absolute Gasteiger partial charge is 0.163 e. The van der Waals surface area contributed by atoms with Crippen LogP contribution in [0.25, 0.3) is 0 Å². The topological polar surface area (TPSA) is 49.9 Å². The first-order chi connectivity index (χ1) is 5.46. The van der Waals surface area contributed by atoms with Gasteiger partial charge >= 0.3 is 0 Å². The second kappa shape index (κ2) is 2.79. The monoisotopic (exact) mass is 172 g/mol. The lowest BCUT2D eigenvalue weighted by Gasteiger charge is -2.20. The molecule has 1 atom stereocenters. The van der Waals surface area contributed by atoms with E-state index in [4.69, 9.17) is 11.1 Å². The maximum atomic E-state index is 12.9. The van der Waals surface area contributed by atoms with Crippen molar-refractivity contribution >= 4 is 5.71 Å². The average molecular weight is 172 g/mol. The Morgan fingerprint density at radius 3 is 2.25 bits per heavy atom. The highest BCUT2D eigenvalue weighted by atomic mass is 19.2. The van der Waals surface area contributed by atoms with Gasteiger partial charge in [0, 0.05) is 5.57 Å². The van der Waals surface area contributed by atoms with Gasteiger partial charge in [0.15, 0.2) is 11.7 Å². The molecule has 12 heavy (non-hydrogen) atoms. The molecule has 1 aliphatic carbocycles. The molecule has 0 bridgehead atoms. The van der Waals surface area contributed by atoms with Crippen LogP contribution >= 0.6 is 0 Å². The van der Waals surface area contributed by atoms with Gasteiger partial charge in [-0.1, -0.05) is 0 Å². The van der Waals surface area contributed by atoms with Crippen molar-refractivity contribution in [3.05, 3.63) is 22.8 Å². The molecule has 0 spiro atoms.